The Morgan fingerprint density at radius 1 is 0.455 bits per heavy atom. The van der Waals surface area contributed by atoms with Crippen LogP contribution in [0.25, 0.3) is 64.0 Å². The van der Waals surface area contributed by atoms with Crippen molar-refractivity contribution in [2.24, 2.45) is 0 Å². The molecule has 0 aliphatic carbocycles. The van der Waals surface area contributed by atoms with Crippen LogP contribution in [0.1, 0.15) is 5.56 Å². The summed E-state index contributed by atoms with van der Waals surface area (Å²) in [5.41, 5.74) is 8.56. The second-order valence-corrected chi connectivity index (χ2v) is 14.8. The number of hydrogen-bond donors (Lipinski definition) is 1. The lowest BCUT2D eigenvalue weighted by molar-refractivity contribution is 0.554. The number of para-hydroxylation sites is 1. The third kappa shape index (κ3) is 5.99. The molecule has 0 bridgehead atoms. The fraction of sp³-hybridized carbons (Fsp3) is 0. The Kier molecular flexibility index (Phi) is 8.16. The zero-order valence-corrected chi connectivity index (χ0v) is 30.6. The highest BCUT2D eigenvalue weighted by atomic mass is 32.1. The van der Waals surface area contributed by atoms with Crippen molar-refractivity contribution in [2.75, 3.05) is 4.90 Å². The molecule has 0 unspecified atom stereocenters. The zero-order valence-electron chi connectivity index (χ0n) is 29.8. The van der Waals surface area contributed by atoms with E-state index in [9.17, 15) is 0 Å². The number of thiophene rings is 1. The van der Waals surface area contributed by atoms with Gasteiger partial charge in [-0.2, -0.15) is 0 Å². The molecule has 0 amide bonds. The van der Waals surface area contributed by atoms with Gasteiger partial charge in [0.25, 0.3) is 0 Å². The van der Waals surface area contributed by atoms with E-state index in [2.05, 4.69) is 163 Å². The van der Waals surface area contributed by atoms with E-state index in [4.69, 9.17) is 10.1 Å². The fourth-order valence-corrected chi connectivity index (χ4v) is 8.87. The van der Waals surface area contributed by atoms with E-state index in [0.29, 0.717) is 5.75 Å². The summed E-state index contributed by atoms with van der Waals surface area (Å²) in [5.74, 6) is 0.775. The fourth-order valence-electron chi connectivity index (χ4n) is 7.73. The normalized spacial score (nSPS) is 11.3. The number of nitrogens with one attached hydrogen (secondary N) is 1. The van der Waals surface area contributed by atoms with Crippen LogP contribution in [0.2, 0.25) is 0 Å². The van der Waals surface area contributed by atoms with Gasteiger partial charge in [-0.15, -0.1) is 11.3 Å². The predicted octanol–water partition coefficient (Wildman–Crippen LogP) is 14.6. The molecular weight excluding hydrogens is 689 g/mol. The second kappa shape index (κ2) is 13.8. The lowest BCUT2D eigenvalue weighted by Crippen LogP contribution is -2.11. The zero-order chi connectivity index (χ0) is 36.7. The van der Waals surface area contributed by atoms with Gasteiger partial charge in [0.05, 0.1) is 5.69 Å². The number of rotatable bonds is 7. The number of ether oxygens (including phenoxy) is 1. The Morgan fingerprint density at radius 2 is 1.11 bits per heavy atom. The van der Waals surface area contributed by atoms with E-state index < -0.39 is 0 Å². The molecule has 0 atom stereocenters. The summed E-state index contributed by atoms with van der Waals surface area (Å²) < 4.78 is 8.89. The van der Waals surface area contributed by atoms with Crippen LogP contribution in [-0.2, 0) is 0 Å². The molecule has 0 spiro atoms. The first-order valence-corrected chi connectivity index (χ1v) is 19.2. The first-order valence-electron chi connectivity index (χ1n) is 18.4. The maximum Gasteiger partial charge on any atom is 0.219 e. The van der Waals surface area contributed by atoms with Gasteiger partial charge in [0.1, 0.15) is 5.75 Å². The number of benzene rings is 9. The third-order valence-electron chi connectivity index (χ3n) is 10.4. The van der Waals surface area contributed by atoms with Gasteiger partial charge >= 0.3 is 0 Å². The predicted molar refractivity (Wildman–Crippen MR) is 234 cm³/mol. The van der Waals surface area contributed by atoms with Crippen LogP contribution in [-0.4, -0.2) is 5.90 Å². The summed E-state index contributed by atoms with van der Waals surface area (Å²) in [5, 5.41) is 15.6. The summed E-state index contributed by atoms with van der Waals surface area (Å²) in [6.07, 6.45) is 0. The molecule has 1 heterocycles. The topological polar surface area (TPSA) is 36.3 Å². The second-order valence-electron chi connectivity index (χ2n) is 13.7. The Balaban J connectivity index is 1.18. The van der Waals surface area contributed by atoms with Gasteiger partial charge in [-0.3, -0.25) is 5.41 Å². The summed E-state index contributed by atoms with van der Waals surface area (Å²) >= 11 is 1.83. The summed E-state index contributed by atoms with van der Waals surface area (Å²) in [6.45, 7) is 0. The molecule has 55 heavy (non-hydrogen) atoms. The van der Waals surface area contributed by atoms with E-state index in [0.717, 1.165) is 55.3 Å². The molecule has 260 valence electrons. The van der Waals surface area contributed by atoms with Crippen LogP contribution in [0, 0.1) is 5.41 Å². The Morgan fingerprint density at radius 3 is 2.00 bits per heavy atom. The lowest BCUT2D eigenvalue weighted by Gasteiger charge is -2.28. The van der Waals surface area contributed by atoms with Gasteiger partial charge in [0.2, 0.25) is 5.90 Å². The molecule has 0 saturated heterocycles. The minimum atomic E-state index is 0.117. The van der Waals surface area contributed by atoms with E-state index >= 15 is 0 Å². The summed E-state index contributed by atoms with van der Waals surface area (Å²) in [7, 11) is 0. The average molecular weight is 723 g/mol. The first kappa shape index (κ1) is 32.6. The lowest BCUT2D eigenvalue weighted by atomic mass is 9.96. The van der Waals surface area contributed by atoms with Crippen molar-refractivity contribution in [3.05, 3.63) is 206 Å². The SMILES string of the molecule is N=C(Oc1cccc2ccc3ccc(N(c4ccc5c(c4)sc4ccccc45)c4ccccc4-c4cccc(-c5ccccc5)c4)cc3c12)c1ccccc1. The molecule has 4 heteroatoms. The molecule has 3 nitrogen and oxygen atoms in total. The van der Waals surface area contributed by atoms with Crippen LogP contribution >= 0.6 is 11.3 Å². The summed E-state index contributed by atoms with van der Waals surface area (Å²) in [4.78, 5) is 2.39. The van der Waals surface area contributed by atoms with Gasteiger partial charge in [0, 0.05) is 48.1 Å². The van der Waals surface area contributed by atoms with E-state index in [1.54, 1.807) is 0 Å². The molecule has 1 N–H and O–H groups in total. The molecule has 0 radical (unpaired) electrons. The first-order chi connectivity index (χ1) is 27.2. The molecule has 10 rings (SSSR count). The number of nitrogens with zero attached hydrogens (tertiary/aromatic N) is 1. The molecule has 1 aromatic heterocycles. The van der Waals surface area contributed by atoms with E-state index in [1.165, 1.54) is 31.3 Å². The molecule has 10 aromatic rings. The van der Waals surface area contributed by atoms with Crippen LogP contribution in [0.5, 0.6) is 5.75 Å². The Labute approximate surface area is 323 Å². The van der Waals surface area contributed by atoms with Crippen molar-refractivity contribution in [2.45, 2.75) is 0 Å². The smallest absolute Gasteiger partial charge is 0.219 e. The standard InChI is InChI=1S/C51H34N2OS/c52-51(37-15-5-2-6-16-37)54-47-23-12-17-36-26-25-35-27-28-40(32-45(35)50(36)47)53(41-29-30-44-43-21-8-10-24-48(43)55-49(44)33-41)46-22-9-7-20-42(46)39-19-11-18-38(31-39)34-13-3-1-4-14-34/h1-33,52H. The molecule has 0 fully saturated rings. The van der Waals surface area contributed by atoms with Gasteiger partial charge < -0.3 is 9.64 Å². The molecule has 0 aliphatic rings. The Hall–Kier alpha value is -7.01. The van der Waals surface area contributed by atoms with Gasteiger partial charge in [0.15, 0.2) is 0 Å². The minimum Gasteiger partial charge on any atom is -0.438 e. The van der Waals surface area contributed by atoms with E-state index in [1.807, 2.05) is 53.8 Å². The quantitative estimate of drug-likeness (QED) is 0.101. The van der Waals surface area contributed by atoms with E-state index in [-0.39, 0.29) is 5.90 Å². The van der Waals surface area contributed by atoms with Crippen molar-refractivity contribution < 1.29 is 4.74 Å². The molecule has 9 aromatic carbocycles. The monoisotopic (exact) mass is 722 g/mol. The van der Waals surface area contributed by atoms with Crippen LogP contribution in [0.3, 0.4) is 0 Å². The molecular formula is C51H34N2OS. The van der Waals surface area contributed by atoms with Crippen molar-refractivity contribution in [1.82, 2.24) is 0 Å². The van der Waals surface area contributed by atoms with Crippen molar-refractivity contribution in [3.63, 3.8) is 0 Å². The Bertz CT molecular complexity index is 3040. The van der Waals surface area contributed by atoms with Gasteiger partial charge in [-0.25, -0.2) is 0 Å². The number of anilines is 3. The largest absolute Gasteiger partial charge is 0.438 e. The van der Waals surface area contributed by atoms with Crippen molar-refractivity contribution >= 4 is 76.0 Å². The maximum absolute atomic E-state index is 8.84. The summed E-state index contributed by atoms with van der Waals surface area (Å²) in [6, 6.07) is 70.3. The minimum absolute atomic E-state index is 0.117. The molecule has 0 aliphatic heterocycles. The number of fused-ring (bicyclic) bond motifs is 6. The van der Waals surface area contributed by atoms with Crippen molar-refractivity contribution in [1.29, 1.82) is 5.41 Å². The average Bonchev–Trinajstić information content (AvgIpc) is 3.62. The third-order valence-corrected chi connectivity index (χ3v) is 11.5. The van der Waals surface area contributed by atoms with Crippen LogP contribution in [0.4, 0.5) is 17.1 Å². The highest BCUT2D eigenvalue weighted by molar-refractivity contribution is 7.25. The highest BCUT2D eigenvalue weighted by Crippen LogP contribution is 2.45. The van der Waals surface area contributed by atoms with Crippen molar-refractivity contribution in [3.8, 4) is 28.0 Å². The van der Waals surface area contributed by atoms with Gasteiger partial charge in [-0.05, 0) is 93.5 Å². The van der Waals surface area contributed by atoms with Gasteiger partial charge in [-0.1, -0.05) is 140 Å². The molecule has 0 saturated carbocycles. The van der Waals surface area contributed by atoms with Crippen LogP contribution in [0.15, 0.2) is 200 Å². The highest BCUT2D eigenvalue weighted by Gasteiger charge is 2.20. The number of hydrogen-bond acceptors (Lipinski definition) is 4. The van der Waals surface area contributed by atoms with Crippen LogP contribution < -0.4 is 9.64 Å². The maximum atomic E-state index is 8.84.